The number of oxime groups is 1. The fourth-order valence-electron chi connectivity index (χ4n) is 2.08. The van der Waals surface area contributed by atoms with Crippen molar-refractivity contribution in [2.45, 2.75) is 19.4 Å². The lowest BCUT2D eigenvalue weighted by Crippen LogP contribution is -2.33. The molecule has 1 aromatic rings. The molecule has 0 saturated heterocycles. The zero-order chi connectivity index (χ0) is 15.4. The fraction of sp³-hybridized carbons (Fsp3) is 0.286. The third-order valence-corrected chi connectivity index (χ3v) is 3.25. The molecule has 112 valence electrons. The van der Waals surface area contributed by atoms with E-state index in [2.05, 4.69) is 10.5 Å². The minimum Gasteiger partial charge on any atom is -0.461 e. The lowest BCUT2D eigenvalue weighted by molar-refractivity contribution is -0.139. The third kappa shape index (κ3) is 3.52. The smallest absolute Gasteiger partial charge is 0.354 e. The van der Waals surface area contributed by atoms with Crippen molar-refractivity contribution in [3.63, 3.8) is 0 Å². The van der Waals surface area contributed by atoms with Gasteiger partial charge in [0.1, 0.15) is 11.5 Å². The van der Waals surface area contributed by atoms with Crippen LogP contribution < -0.4 is 5.32 Å². The number of halogens is 2. The Kier molecular flexibility index (Phi) is 4.80. The van der Waals surface area contributed by atoms with Crippen LogP contribution in [0.15, 0.2) is 35.1 Å². The molecular formula is C14H14ClFN2O3. The van der Waals surface area contributed by atoms with Gasteiger partial charge in [-0.15, -0.1) is 0 Å². The van der Waals surface area contributed by atoms with Crippen LogP contribution in [0.3, 0.4) is 0 Å². The van der Waals surface area contributed by atoms with Gasteiger partial charge in [-0.25, -0.2) is 9.18 Å². The van der Waals surface area contributed by atoms with Gasteiger partial charge in [0, 0.05) is 17.0 Å². The third-order valence-electron chi connectivity index (χ3n) is 3.02. The maximum atomic E-state index is 14.0. The van der Waals surface area contributed by atoms with Crippen molar-refractivity contribution in [1.29, 1.82) is 0 Å². The standard InChI is InChI=1S/C14H14ClFN2O3/c1-2-21-14(19)13-7-9(18-20)6-12(17-13)10-4-3-8(15)5-11(10)16/h3-5,7,12,17,20H,2,6H2,1H3. The molecule has 0 spiro atoms. The molecule has 1 aliphatic rings. The quantitative estimate of drug-likeness (QED) is 0.511. The number of esters is 1. The molecule has 1 aromatic carbocycles. The van der Waals surface area contributed by atoms with Crippen LogP contribution >= 0.6 is 11.6 Å². The van der Waals surface area contributed by atoms with Crippen LogP contribution in [0.2, 0.25) is 5.02 Å². The second-order valence-electron chi connectivity index (χ2n) is 4.44. The number of ether oxygens (including phenoxy) is 1. The van der Waals surface area contributed by atoms with E-state index in [1.165, 1.54) is 18.2 Å². The van der Waals surface area contributed by atoms with Crippen molar-refractivity contribution < 1.29 is 19.1 Å². The zero-order valence-corrected chi connectivity index (χ0v) is 12.0. The van der Waals surface area contributed by atoms with Crippen molar-refractivity contribution in [2.24, 2.45) is 5.16 Å². The van der Waals surface area contributed by atoms with Crippen LogP contribution in [0.1, 0.15) is 24.9 Å². The van der Waals surface area contributed by atoms with E-state index in [1.54, 1.807) is 13.0 Å². The zero-order valence-electron chi connectivity index (χ0n) is 11.3. The Labute approximate surface area is 126 Å². The number of carbonyl (C=O) groups excluding carboxylic acids is 1. The second kappa shape index (κ2) is 6.58. The summed E-state index contributed by atoms with van der Waals surface area (Å²) in [6.45, 7) is 1.89. The van der Waals surface area contributed by atoms with Gasteiger partial charge < -0.3 is 15.3 Å². The van der Waals surface area contributed by atoms with Crippen LogP contribution in [0, 0.1) is 5.82 Å². The number of nitrogens with one attached hydrogen (secondary N) is 1. The average Bonchev–Trinajstić information content (AvgIpc) is 2.47. The van der Waals surface area contributed by atoms with E-state index in [0.29, 0.717) is 5.56 Å². The summed E-state index contributed by atoms with van der Waals surface area (Å²) in [7, 11) is 0. The summed E-state index contributed by atoms with van der Waals surface area (Å²) in [5, 5.41) is 15.2. The van der Waals surface area contributed by atoms with E-state index in [0.717, 1.165) is 0 Å². The monoisotopic (exact) mass is 312 g/mol. The van der Waals surface area contributed by atoms with Gasteiger partial charge in [-0.2, -0.15) is 0 Å². The van der Waals surface area contributed by atoms with Crippen LogP contribution in [-0.2, 0) is 9.53 Å². The first-order valence-corrected chi connectivity index (χ1v) is 6.74. The second-order valence-corrected chi connectivity index (χ2v) is 4.87. The number of rotatable bonds is 3. The highest BCUT2D eigenvalue weighted by Crippen LogP contribution is 2.27. The molecular weight excluding hydrogens is 299 g/mol. The fourth-order valence-corrected chi connectivity index (χ4v) is 2.24. The Bertz CT molecular complexity index is 616. The molecule has 0 amide bonds. The van der Waals surface area contributed by atoms with Gasteiger partial charge in [-0.3, -0.25) is 0 Å². The van der Waals surface area contributed by atoms with Gasteiger partial charge in [0.2, 0.25) is 0 Å². The first-order chi connectivity index (χ1) is 10.0. The molecule has 2 N–H and O–H groups in total. The van der Waals surface area contributed by atoms with Crippen LogP contribution in [0.5, 0.6) is 0 Å². The highest BCUT2D eigenvalue weighted by Gasteiger charge is 2.26. The predicted molar refractivity (Wildman–Crippen MR) is 75.8 cm³/mol. The topological polar surface area (TPSA) is 70.9 Å². The maximum Gasteiger partial charge on any atom is 0.354 e. The molecule has 1 aliphatic heterocycles. The van der Waals surface area contributed by atoms with Crippen LogP contribution in [0.4, 0.5) is 4.39 Å². The summed E-state index contributed by atoms with van der Waals surface area (Å²) >= 11 is 5.72. The molecule has 1 heterocycles. The van der Waals surface area contributed by atoms with E-state index in [9.17, 15) is 9.18 Å². The van der Waals surface area contributed by atoms with E-state index >= 15 is 0 Å². The largest absolute Gasteiger partial charge is 0.461 e. The molecule has 21 heavy (non-hydrogen) atoms. The van der Waals surface area contributed by atoms with Gasteiger partial charge in [-0.1, -0.05) is 22.8 Å². The van der Waals surface area contributed by atoms with Crippen molar-refractivity contribution in [2.75, 3.05) is 6.61 Å². The molecule has 5 nitrogen and oxygen atoms in total. The molecule has 2 rings (SSSR count). The summed E-state index contributed by atoms with van der Waals surface area (Å²) in [6.07, 6.45) is 1.61. The number of allylic oxidation sites excluding steroid dienone is 1. The van der Waals surface area contributed by atoms with E-state index < -0.39 is 17.8 Å². The Morgan fingerprint density at radius 3 is 3.00 bits per heavy atom. The number of hydrogen-bond acceptors (Lipinski definition) is 5. The lowest BCUT2D eigenvalue weighted by atomic mass is 9.96. The summed E-state index contributed by atoms with van der Waals surface area (Å²) in [6, 6.07) is 3.73. The average molecular weight is 313 g/mol. The number of carbonyl (C=O) groups is 1. The summed E-state index contributed by atoms with van der Waals surface area (Å²) in [5.41, 5.74) is 0.710. The van der Waals surface area contributed by atoms with Crippen LogP contribution in [-0.4, -0.2) is 23.5 Å². The minimum atomic E-state index is -0.585. The highest BCUT2D eigenvalue weighted by molar-refractivity contribution is 6.30. The molecule has 0 fully saturated rings. The number of hydrogen-bond donors (Lipinski definition) is 2. The van der Waals surface area contributed by atoms with E-state index in [4.69, 9.17) is 21.5 Å². The Hall–Kier alpha value is -2.08. The van der Waals surface area contributed by atoms with Crippen LogP contribution in [0.25, 0.3) is 0 Å². The normalized spacial score (nSPS) is 19.9. The van der Waals surface area contributed by atoms with Gasteiger partial charge >= 0.3 is 5.97 Å². The molecule has 0 aromatic heterocycles. The van der Waals surface area contributed by atoms with E-state index in [-0.39, 0.29) is 29.5 Å². The number of benzene rings is 1. The minimum absolute atomic E-state index is 0.121. The van der Waals surface area contributed by atoms with Crippen molar-refractivity contribution in [1.82, 2.24) is 5.32 Å². The Morgan fingerprint density at radius 1 is 1.62 bits per heavy atom. The molecule has 7 heteroatoms. The first-order valence-electron chi connectivity index (χ1n) is 6.36. The predicted octanol–water partition coefficient (Wildman–Crippen LogP) is 2.79. The Morgan fingerprint density at radius 2 is 2.38 bits per heavy atom. The van der Waals surface area contributed by atoms with Crippen molar-refractivity contribution >= 4 is 23.3 Å². The van der Waals surface area contributed by atoms with Crippen molar-refractivity contribution in [3.8, 4) is 0 Å². The molecule has 1 atom stereocenters. The van der Waals surface area contributed by atoms with Gasteiger partial charge in [-0.05, 0) is 25.1 Å². The van der Waals surface area contributed by atoms with Gasteiger partial charge in [0.05, 0.1) is 18.4 Å². The SMILES string of the molecule is CCOC(=O)C1=CC(=NO)CC(c2ccc(Cl)cc2F)N1. The molecule has 0 aliphatic carbocycles. The van der Waals surface area contributed by atoms with Crippen molar-refractivity contribution in [3.05, 3.63) is 46.4 Å². The summed E-state index contributed by atoms with van der Waals surface area (Å²) < 4.78 is 18.9. The van der Waals surface area contributed by atoms with Gasteiger partial charge in [0.25, 0.3) is 0 Å². The lowest BCUT2D eigenvalue weighted by Gasteiger charge is -2.25. The van der Waals surface area contributed by atoms with Gasteiger partial charge in [0.15, 0.2) is 0 Å². The maximum absolute atomic E-state index is 14.0. The summed E-state index contributed by atoms with van der Waals surface area (Å²) in [5.74, 6) is -1.08. The molecule has 0 saturated carbocycles. The molecule has 0 radical (unpaired) electrons. The summed E-state index contributed by atoms with van der Waals surface area (Å²) in [4.78, 5) is 11.8. The number of nitrogens with zero attached hydrogens (tertiary/aromatic N) is 1. The first kappa shape index (κ1) is 15.3. The highest BCUT2D eigenvalue weighted by atomic mass is 35.5. The van der Waals surface area contributed by atoms with E-state index in [1.807, 2.05) is 0 Å². The molecule has 1 unspecified atom stereocenters. The Balaban J connectivity index is 2.30. The molecule has 0 bridgehead atoms.